The van der Waals surface area contributed by atoms with Gasteiger partial charge in [0.2, 0.25) is 5.91 Å². The Labute approximate surface area is 152 Å². The van der Waals surface area contributed by atoms with Crippen LogP contribution in [0.1, 0.15) is 29.5 Å². The van der Waals surface area contributed by atoms with Gasteiger partial charge in [-0.3, -0.25) is 4.79 Å². The van der Waals surface area contributed by atoms with E-state index in [0.717, 1.165) is 33.1 Å². The fourth-order valence-electron chi connectivity index (χ4n) is 2.35. The van der Waals surface area contributed by atoms with E-state index in [9.17, 15) is 4.79 Å². The quantitative estimate of drug-likeness (QED) is 0.665. The summed E-state index contributed by atoms with van der Waals surface area (Å²) in [6.07, 6.45) is 1.02. The second-order valence-electron chi connectivity index (χ2n) is 5.83. The van der Waals surface area contributed by atoms with Crippen LogP contribution in [0.3, 0.4) is 0 Å². The molecule has 0 bridgehead atoms. The van der Waals surface area contributed by atoms with E-state index < -0.39 is 0 Å². The lowest BCUT2D eigenvalue weighted by atomic mass is 10.1. The number of ether oxygens (including phenoxy) is 1. The molecule has 1 N–H and O–H groups in total. The summed E-state index contributed by atoms with van der Waals surface area (Å²) in [6, 6.07) is 9.25. The summed E-state index contributed by atoms with van der Waals surface area (Å²) in [5.41, 5.74) is 3.70. The van der Waals surface area contributed by atoms with Crippen molar-refractivity contribution in [3.63, 3.8) is 0 Å². The molecule has 24 heavy (non-hydrogen) atoms. The van der Waals surface area contributed by atoms with Gasteiger partial charge in [0, 0.05) is 22.2 Å². The average Bonchev–Trinajstić information content (AvgIpc) is 2.52. The molecule has 1 amide bonds. The summed E-state index contributed by atoms with van der Waals surface area (Å²) >= 11 is 12.1. The van der Waals surface area contributed by atoms with E-state index in [1.165, 1.54) is 0 Å². The van der Waals surface area contributed by atoms with Crippen molar-refractivity contribution >= 4 is 34.8 Å². The molecule has 0 aliphatic heterocycles. The molecule has 128 valence electrons. The molecule has 0 unspecified atom stereocenters. The van der Waals surface area contributed by atoms with Crippen LogP contribution in [-0.2, 0) is 4.79 Å². The van der Waals surface area contributed by atoms with E-state index in [2.05, 4.69) is 5.32 Å². The second-order valence-corrected chi connectivity index (χ2v) is 6.64. The number of nitrogens with one attached hydrogen (secondary N) is 1. The summed E-state index contributed by atoms with van der Waals surface area (Å²) in [5.74, 6) is 0.730. The topological polar surface area (TPSA) is 38.3 Å². The third kappa shape index (κ3) is 5.15. The summed E-state index contributed by atoms with van der Waals surface area (Å²) in [6.45, 7) is 6.30. The van der Waals surface area contributed by atoms with Gasteiger partial charge < -0.3 is 10.1 Å². The highest BCUT2D eigenvalue weighted by Gasteiger charge is 2.07. The van der Waals surface area contributed by atoms with Gasteiger partial charge in [-0.05, 0) is 68.1 Å². The molecular weight excluding hydrogens is 345 g/mol. The number of amides is 1. The molecule has 0 heterocycles. The van der Waals surface area contributed by atoms with Crippen molar-refractivity contribution < 1.29 is 9.53 Å². The maximum Gasteiger partial charge on any atom is 0.224 e. The molecular formula is C19H21Cl2NO2. The Bertz CT molecular complexity index is 721. The number of carbonyl (C=O) groups excluding carboxylic acids is 1. The minimum atomic E-state index is -0.0487. The maximum atomic E-state index is 12.0. The number of carbonyl (C=O) groups is 1. The summed E-state index contributed by atoms with van der Waals surface area (Å²) < 4.78 is 5.71. The predicted molar refractivity (Wildman–Crippen MR) is 100 cm³/mol. The summed E-state index contributed by atoms with van der Waals surface area (Å²) in [5, 5.41) is 4.25. The molecule has 0 aliphatic rings. The van der Waals surface area contributed by atoms with Crippen molar-refractivity contribution in [2.24, 2.45) is 0 Å². The first kappa shape index (κ1) is 18.6. The van der Waals surface area contributed by atoms with Crippen LogP contribution in [0.25, 0.3) is 0 Å². The van der Waals surface area contributed by atoms with E-state index >= 15 is 0 Å². The highest BCUT2D eigenvalue weighted by Crippen LogP contribution is 2.26. The van der Waals surface area contributed by atoms with Crippen molar-refractivity contribution in [2.75, 3.05) is 11.9 Å². The number of halogens is 2. The largest absolute Gasteiger partial charge is 0.494 e. The average molecular weight is 366 g/mol. The van der Waals surface area contributed by atoms with Crippen LogP contribution in [0.5, 0.6) is 5.75 Å². The van der Waals surface area contributed by atoms with Crippen molar-refractivity contribution in [1.29, 1.82) is 0 Å². The fourth-order valence-corrected chi connectivity index (χ4v) is 2.64. The van der Waals surface area contributed by atoms with Gasteiger partial charge in [-0.2, -0.15) is 0 Å². The van der Waals surface area contributed by atoms with Crippen molar-refractivity contribution in [1.82, 2.24) is 0 Å². The van der Waals surface area contributed by atoms with Gasteiger partial charge in [0.1, 0.15) is 5.75 Å². The van der Waals surface area contributed by atoms with Gasteiger partial charge in [-0.1, -0.05) is 29.3 Å². The van der Waals surface area contributed by atoms with E-state index in [4.69, 9.17) is 27.9 Å². The fraction of sp³-hybridized carbons (Fsp3) is 0.316. The van der Waals surface area contributed by atoms with Gasteiger partial charge in [0.15, 0.2) is 0 Å². The zero-order chi connectivity index (χ0) is 17.7. The van der Waals surface area contributed by atoms with Crippen molar-refractivity contribution in [3.8, 4) is 5.75 Å². The highest BCUT2D eigenvalue weighted by atomic mass is 35.5. The van der Waals surface area contributed by atoms with Gasteiger partial charge >= 0.3 is 0 Å². The van der Waals surface area contributed by atoms with Crippen LogP contribution in [0.2, 0.25) is 10.0 Å². The third-order valence-electron chi connectivity index (χ3n) is 3.70. The second kappa shape index (κ2) is 8.41. The zero-order valence-electron chi connectivity index (χ0n) is 14.1. The number of hydrogen-bond acceptors (Lipinski definition) is 2. The van der Waals surface area contributed by atoms with Crippen LogP contribution in [-0.4, -0.2) is 12.5 Å². The summed E-state index contributed by atoms with van der Waals surface area (Å²) in [7, 11) is 0. The molecule has 0 atom stereocenters. The smallest absolute Gasteiger partial charge is 0.224 e. The molecule has 5 heteroatoms. The van der Waals surface area contributed by atoms with Crippen molar-refractivity contribution in [3.05, 3.63) is 57.1 Å². The first-order valence-corrected chi connectivity index (χ1v) is 8.58. The van der Waals surface area contributed by atoms with E-state index in [1.807, 2.05) is 39.0 Å². The molecule has 3 nitrogen and oxygen atoms in total. The molecule has 0 radical (unpaired) electrons. The van der Waals surface area contributed by atoms with E-state index in [1.54, 1.807) is 12.1 Å². The SMILES string of the molecule is Cc1ccc(Cl)cc1NC(=O)CCCOc1cc(C)c(Cl)c(C)c1. The number of hydrogen-bond donors (Lipinski definition) is 1. The Balaban J connectivity index is 1.80. The Morgan fingerprint density at radius 3 is 2.38 bits per heavy atom. The summed E-state index contributed by atoms with van der Waals surface area (Å²) in [4.78, 5) is 12.0. The number of anilines is 1. The first-order chi connectivity index (χ1) is 11.4. The minimum Gasteiger partial charge on any atom is -0.494 e. The van der Waals surface area contributed by atoms with Gasteiger partial charge in [-0.15, -0.1) is 0 Å². The van der Waals surface area contributed by atoms with Gasteiger partial charge in [0.05, 0.1) is 6.61 Å². The Hall–Kier alpha value is -1.71. The molecule has 0 spiro atoms. The molecule has 2 rings (SSSR count). The normalized spacial score (nSPS) is 10.5. The monoisotopic (exact) mass is 365 g/mol. The van der Waals surface area contributed by atoms with Crippen LogP contribution in [0.15, 0.2) is 30.3 Å². The zero-order valence-corrected chi connectivity index (χ0v) is 15.6. The minimum absolute atomic E-state index is 0.0487. The Morgan fingerprint density at radius 1 is 1.04 bits per heavy atom. The Kier molecular flexibility index (Phi) is 6.52. The molecule has 0 aromatic heterocycles. The lowest BCUT2D eigenvalue weighted by Crippen LogP contribution is -2.13. The highest BCUT2D eigenvalue weighted by molar-refractivity contribution is 6.32. The molecule has 0 aliphatic carbocycles. The Morgan fingerprint density at radius 2 is 1.71 bits per heavy atom. The number of aryl methyl sites for hydroxylation is 3. The number of benzene rings is 2. The lowest BCUT2D eigenvalue weighted by molar-refractivity contribution is -0.116. The van der Waals surface area contributed by atoms with Crippen LogP contribution < -0.4 is 10.1 Å². The maximum absolute atomic E-state index is 12.0. The van der Waals surface area contributed by atoms with Gasteiger partial charge in [0.25, 0.3) is 0 Å². The standard InChI is InChI=1S/C19H21Cl2NO2/c1-12-6-7-15(20)11-17(12)22-18(23)5-4-8-24-16-9-13(2)19(21)14(3)10-16/h6-7,9-11H,4-5,8H2,1-3H3,(H,22,23). The lowest BCUT2D eigenvalue weighted by Gasteiger charge is -2.11. The molecule has 2 aromatic rings. The first-order valence-electron chi connectivity index (χ1n) is 7.82. The number of rotatable bonds is 6. The van der Waals surface area contributed by atoms with E-state index in [0.29, 0.717) is 24.5 Å². The molecule has 0 saturated carbocycles. The van der Waals surface area contributed by atoms with Gasteiger partial charge in [-0.25, -0.2) is 0 Å². The predicted octanol–water partition coefficient (Wildman–Crippen LogP) is 5.72. The molecule has 0 saturated heterocycles. The van der Waals surface area contributed by atoms with Crippen molar-refractivity contribution in [2.45, 2.75) is 33.6 Å². The molecule has 2 aromatic carbocycles. The third-order valence-corrected chi connectivity index (χ3v) is 4.53. The molecule has 0 fully saturated rings. The van der Waals surface area contributed by atoms with Crippen LogP contribution in [0.4, 0.5) is 5.69 Å². The van der Waals surface area contributed by atoms with E-state index in [-0.39, 0.29) is 5.91 Å². The van der Waals surface area contributed by atoms with Crippen LogP contribution >= 0.6 is 23.2 Å². The van der Waals surface area contributed by atoms with Crippen LogP contribution in [0, 0.1) is 20.8 Å².